The van der Waals surface area contributed by atoms with Gasteiger partial charge in [0, 0.05) is 38.4 Å². The minimum Gasteiger partial charge on any atom is -0.378 e. The lowest BCUT2D eigenvalue weighted by Gasteiger charge is -2.37. The number of hydrogen-bond donors (Lipinski definition) is 0. The van der Waals surface area contributed by atoms with Crippen molar-refractivity contribution in [3.8, 4) is 0 Å². The SMILES string of the molecule is O=C(CN(Cc1ccccc1)c1ccccc1)N1CCCC(C(=O)N2CCOCC2)C1. The van der Waals surface area contributed by atoms with Crippen LogP contribution in [0.25, 0.3) is 0 Å². The first-order chi connectivity index (χ1) is 15.2. The van der Waals surface area contributed by atoms with E-state index in [0.29, 0.717) is 45.9 Å². The topological polar surface area (TPSA) is 53.1 Å². The highest BCUT2D eigenvalue weighted by Gasteiger charge is 2.32. The molecular weight excluding hydrogens is 390 g/mol. The minimum absolute atomic E-state index is 0.0826. The third kappa shape index (κ3) is 5.64. The number of para-hydroxylation sites is 1. The fraction of sp³-hybridized carbons (Fsp3) is 0.440. The number of benzene rings is 2. The average Bonchev–Trinajstić information content (AvgIpc) is 2.85. The van der Waals surface area contributed by atoms with Crippen LogP contribution in [0.4, 0.5) is 5.69 Å². The average molecular weight is 422 g/mol. The molecule has 0 aliphatic carbocycles. The molecule has 0 bridgehead atoms. The Balaban J connectivity index is 1.42. The number of nitrogens with zero attached hydrogens (tertiary/aromatic N) is 3. The summed E-state index contributed by atoms with van der Waals surface area (Å²) in [7, 11) is 0. The molecule has 0 saturated carbocycles. The first-order valence-corrected chi connectivity index (χ1v) is 11.2. The number of carbonyl (C=O) groups excluding carboxylic acids is 2. The van der Waals surface area contributed by atoms with E-state index in [1.54, 1.807) is 0 Å². The molecule has 0 aromatic heterocycles. The molecule has 0 radical (unpaired) electrons. The number of carbonyl (C=O) groups is 2. The summed E-state index contributed by atoms with van der Waals surface area (Å²) in [5.41, 5.74) is 2.19. The Morgan fingerprint density at radius 3 is 2.29 bits per heavy atom. The summed E-state index contributed by atoms with van der Waals surface area (Å²) < 4.78 is 5.37. The van der Waals surface area contributed by atoms with E-state index in [-0.39, 0.29) is 17.7 Å². The van der Waals surface area contributed by atoms with Gasteiger partial charge < -0.3 is 19.4 Å². The van der Waals surface area contributed by atoms with E-state index >= 15 is 0 Å². The summed E-state index contributed by atoms with van der Waals surface area (Å²) in [6.07, 6.45) is 1.73. The van der Waals surface area contributed by atoms with Gasteiger partial charge in [-0.25, -0.2) is 0 Å². The van der Waals surface area contributed by atoms with Crippen molar-refractivity contribution < 1.29 is 14.3 Å². The molecule has 2 aromatic carbocycles. The van der Waals surface area contributed by atoms with Crippen molar-refractivity contribution in [3.05, 3.63) is 66.2 Å². The summed E-state index contributed by atoms with van der Waals surface area (Å²) in [5, 5.41) is 0. The molecule has 6 nitrogen and oxygen atoms in total. The summed E-state index contributed by atoms with van der Waals surface area (Å²) in [4.78, 5) is 32.1. The van der Waals surface area contributed by atoms with Crippen LogP contribution in [0.5, 0.6) is 0 Å². The second-order valence-corrected chi connectivity index (χ2v) is 8.29. The van der Waals surface area contributed by atoms with Gasteiger partial charge in [-0.05, 0) is 30.5 Å². The van der Waals surface area contributed by atoms with Crippen LogP contribution in [-0.2, 0) is 20.9 Å². The summed E-state index contributed by atoms with van der Waals surface area (Å²) >= 11 is 0. The van der Waals surface area contributed by atoms with E-state index in [2.05, 4.69) is 17.0 Å². The second kappa shape index (κ2) is 10.4. The lowest BCUT2D eigenvalue weighted by Crippen LogP contribution is -2.51. The Labute approximate surface area is 184 Å². The van der Waals surface area contributed by atoms with Crippen molar-refractivity contribution in [3.63, 3.8) is 0 Å². The maximum atomic E-state index is 13.3. The molecule has 2 saturated heterocycles. The molecule has 0 N–H and O–H groups in total. The molecule has 4 rings (SSSR count). The van der Waals surface area contributed by atoms with E-state index in [0.717, 1.165) is 30.6 Å². The summed E-state index contributed by atoms with van der Waals surface area (Å²) in [5.74, 6) is 0.152. The zero-order chi connectivity index (χ0) is 21.5. The molecule has 2 aliphatic rings. The molecule has 164 valence electrons. The normalized spacial score (nSPS) is 19.2. The Hall–Kier alpha value is -2.86. The van der Waals surface area contributed by atoms with Crippen LogP contribution in [0.3, 0.4) is 0 Å². The Morgan fingerprint density at radius 1 is 0.903 bits per heavy atom. The highest BCUT2D eigenvalue weighted by Crippen LogP contribution is 2.22. The largest absolute Gasteiger partial charge is 0.378 e. The van der Waals surface area contributed by atoms with E-state index in [4.69, 9.17) is 4.74 Å². The number of rotatable bonds is 6. The van der Waals surface area contributed by atoms with E-state index in [1.807, 2.05) is 58.3 Å². The predicted molar refractivity (Wildman–Crippen MR) is 121 cm³/mol. The number of piperidine rings is 1. The lowest BCUT2D eigenvalue weighted by molar-refractivity contribution is -0.143. The third-order valence-corrected chi connectivity index (χ3v) is 6.11. The van der Waals surface area contributed by atoms with Crippen LogP contribution < -0.4 is 4.90 Å². The number of ether oxygens (including phenoxy) is 1. The van der Waals surface area contributed by atoms with Gasteiger partial charge in [0.15, 0.2) is 0 Å². The van der Waals surface area contributed by atoms with Gasteiger partial charge in [-0.3, -0.25) is 9.59 Å². The standard InChI is InChI=1S/C25H31N3O3/c29-24(27-13-7-10-22(19-27)25(30)26-14-16-31-17-15-26)20-28(23-11-5-2-6-12-23)18-21-8-3-1-4-9-21/h1-6,8-9,11-12,22H,7,10,13-20H2. The molecule has 6 heteroatoms. The smallest absolute Gasteiger partial charge is 0.242 e. The van der Waals surface area contributed by atoms with Gasteiger partial charge in [-0.15, -0.1) is 0 Å². The molecule has 1 unspecified atom stereocenters. The Bertz CT molecular complexity index is 853. The van der Waals surface area contributed by atoms with Crippen LogP contribution in [0.15, 0.2) is 60.7 Å². The van der Waals surface area contributed by atoms with E-state index in [9.17, 15) is 9.59 Å². The number of amides is 2. The molecule has 2 heterocycles. The van der Waals surface area contributed by atoms with Crippen molar-refractivity contribution in [2.75, 3.05) is 50.8 Å². The fourth-order valence-corrected chi connectivity index (χ4v) is 4.39. The van der Waals surface area contributed by atoms with Crippen molar-refractivity contribution in [1.82, 2.24) is 9.80 Å². The fourth-order valence-electron chi connectivity index (χ4n) is 4.39. The van der Waals surface area contributed by atoms with Gasteiger partial charge in [0.1, 0.15) is 0 Å². The Kier molecular flexibility index (Phi) is 7.20. The lowest BCUT2D eigenvalue weighted by atomic mass is 9.96. The third-order valence-electron chi connectivity index (χ3n) is 6.11. The van der Waals surface area contributed by atoms with Gasteiger partial charge in [0.25, 0.3) is 0 Å². The molecule has 0 spiro atoms. The summed E-state index contributed by atoms with van der Waals surface area (Å²) in [6.45, 7) is 4.73. The van der Waals surface area contributed by atoms with Crippen LogP contribution in [0, 0.1) is 5.92 Å². The van der Waals surface area contributed by atoms with Crippen LogP contribution in [0.2, 0.25) is 0 Å². The highest BCUT2D eigenvalue weighted by atomic mass is 16.5. The maximum absolute atomic E-state index is 13.3. The first-order valence-electron chi connectivity index (χ1n) is 11.2. The van der Waals surface area contributed by atoms with Gasteiger partial charge >= 0.3 is 0 Å². The molecule has 1 atom stereocenters. The molecule has 2 aliphatic heterocycles. The number of morpholine rings is 1. The van der Waals surface area contributed by atoms with Gasteiger partial charge in [-0.2, -0.15) is 0 Å². The quantitative estimate of drug-likeness (QED) is 0.720. The molecule has 31 heavy (non-hydrogen) atoms. The van der Waals surface area contributed by atoms with Crippen LogP contribution >= 0.6 is 0 Å². The monoisotopic (exact) mass is 421 g/mol. The number of hydrogen-bond acceptors (Lipinski definition) is 4. The van der Waals surface area contributed by atoms with Crippen molar-refractivity contribution in [2.45, 2.75) is 19.4 Å². The molecule has 2 amide bonds. The molecule has 2 fully saturated rings. The van der Waals surface area contributed by atoms with Crippen molar-refractivity contribution >= 4 is 17.5 Å². The summed E-state index contributed by atoms with van der Waals surface area (Å²) in [6, 6.07) is 20.3. The van der Waals surface area contributed by atoms with E-state index < -0.39 is 0 Å². The molecule has 2 aromatic rings. The van der Waals surface area contributed by atoms with Gasteiger partial charge in [0.05, 0.1) is 25.7 Å². The first kappa shape index (κ1) is 21.4. The number of likely N-dealkylation sites (tertiary alicyclic amines) is 1. The van der Waals surface area contributed by atoms with Crippen molar-refractivity contribution in [2.24, 2.45) is 5.92 Å². The second-order valence-electron chi connectivity index (χ2n) is 8.29. The zero-order valence-electron chi connectivity index (χ0n) is 18.0. The van der Waals surface area contributed by atoms with E-state index in [1.165, 1.54) is 0 Å². The van der Waals surface area contributed by atoms with Crippen LogP contribution in [0.1, 0.15) is 18.4 Å². The Morgan fingerprint density at radius 2 is 1.58 bits per heavy atom. The van der Waals surface area contributed by atoms with Gasteiger partial charge in [0.2, 0.25) is 11.8 Å². The predicted octanol–water partition coefficient (Wildman–Crippen LogP) is 2.79. The number of anilines is 1. The molecular formula is C25H31N3O3. The highest BCUT2D eigenvalue weighted by molar-refractivity contribution is 5.84. The maximum Gasteiger partial charge on any atom is 0.242 e. The minimum atomic E-state index is -0.102. The van der Waals surface area contributed by atoms with Crippen LogP contribution in [-0.4, -0.2) is 67.6 Å². The van der Waals surface area contributed by atoms with Gasteiger partial charge in [-0.1, -0.05) is 48.5 Å². The zero-order valence-corrected chi connectivity index (χ0v) is 18.0. The van der Waals surface area contributed by atoms with Crippen molar-refractivity contribution in [1.29, 1.82) is 0 Å².